The second kappa shape index (κ2) is 7.64. The SMILES string of the molecule is NC(=O)c1cccc2[nH]c(-c3ccc(C4CCCN4C4CCCCC4)cc3)nc12. The van der Waals surface area contributed by atoms with E-state index in [1.807, 2.05) is 12.1 Å². The van der Waals surface area contributed by atoms with Gasteiger partial charge in [0.25, 0.3) is 5.91 Å². The molecule has 0 spiro atoms. The van der Waals surface area contributed by atoms with Crippen LogP contribution in [0.5, 0.6) is 0 Å². The number of amides is 1. The van der Waals surface area contributed by atoms with Crippen LogP contribution in [0.1, 0.15) is 66.9 Å². The lowest BCUT2D eigenvalue weighted by molar-refractivity contribution is 0.100. The first-order chi connectivity index (χ1) is 14.2. The van der Waals surface area contributed by atoms with Gasteiger partial charge >= 0.3 is 0 Å². The second-order valence-corrected chi connectivity index (χ2v) is 8.46. The molecule has 2 heterocycles. The molecule has 1 unspecified atom stereocenters. The number of para-hydroxylation sites is 1. The van der Waals surface area contributed by atoms with Gasteiger partial charge in [-0.1, -0.05) is 49.6 Å². The third-order valence-electron chi connectivity index (χ3n) is 6.68. The largest absolute Gasteiger partial charge is 0.366 e. The number of fused-ring (bicyclic) bond motifs is 1. The number of nitrogens with one attached hydrogen (secondary N) is 1. The van der Waals surface area contributed by atoms with Gasteiger partial charge in [0, 0.05) is 17.6 Å². The second-order valence-electron chi connectivity index (χ2n) is 8.46. The van der Waals surface area contributed by atoms with E-state index in [2.05, 4.69) is 39.1 Å². The smallest absolute Gasteiger partial charge is 0.250 e. The average molecular weight is 389 g/mol. The number of imidazole rings is 1. The van der Waals surface area contributed by atoms with Crippen LogP contribution < -0.4 is 5.73 Å². The van der Waals surface area contributed by atoms with Crippen LogP contribution in [0.25, 0.3) is 22.4 Å². The van der Waals surface area contributed by atoms with Crippen molar-refractivity contribution in [1.82, 2.24) is 14.9 Å². The highest BCUT2D eigenvalue weighted by Crippen LogP contribution is 2.38. The van der Waals surface area contributed by atoms with Crippen LogP contribution in [0.3, 0.4) is 0 Å². The highest BCUT2D eigenvalue weighted by Gasteiger charge is 2.32. The summed E-state index contributed by atoms with van der Waals surface area (Å²) in [6.45, 7) is 1.23. The lowest BCUT2D eigenvalue weighted by atomic mass is 9.92. The number of nitrogens with zero attached hydrogens (tertiary/aromatic N) is 2. The molecule has 29 heavy (non-hydrogen) atoms. The first-order valence-corrected chi connectivity index (χ1v) is 10.9. The third kappa shape index (κ3) is 3.44. The van der Waals surface area contributed by atoms with Gasteiger partial charge in [0.05, 0.1) is 11.1 Å². The fourth-order valence-electron chi connectivity index (χ4n) is 5.23. The molecule has 0 bridgehead atoms. The van der Waals surface area contributed by atoms with Crippen molar-refractivity contribution >= 4 is 16.9 Å². The molecule has 5 nitrogen and oxygen atoms in total. The predicted octanol–water partition coefficient (Wildman–Crippen LogP) is 4.80. The number of aromatic nitrogens is 2. The summed E-state index contributed by atoms with van der Waals surface area (Å²) in [5.41, 5.74) is 9.86. The van der Waals surface area contributed by atoms with Gasteiger partial charge in [-0.3, -0.25) is 9.69 Å². The molecule has 1 amide bonds. The molecule has 1 saturated carbocycles. The lowest BCUT2D eigenvalue weighted by Gasteiger charge is -2.35. The number of carbonyl (C=O) groups is 1. The van der Waals surface area contributed by atoms with Crippen molar-refractivity contribution in [3.63, 3.8) is 0 Å². The van der Waals surface area contributed by atoms with Crippen LogP contribution in [0.15, 0.2) is 42.5 Å². The number of rotatable bonds is 4. The quantitative estimate of drug-likeness (QED) is 0.674. The molecule has 1 saturated heterocycles. The first kappa shape index (κ1) is 18.4. The maximum absolute atomic E-state index is 11.7. The predicted molar refractivity (Wildman–Crippen MR) is 116 cm³/mol. The Bertz CT molecular complexity index is 1020. The van der Waals surface area contributed by atoms with Gasteiger partial charge < -0.3 is 10.7 Å². The molecule has 5 rings (SSSR count). The number of benzene rings is 2. The molecular formula is C24H28N4O. The van der Waals surface area contributed by atoms with Crippen molar-refractivity contribution in [3.05, 3.63) is 53.6 Å². The van der Waals surface area contributed by atoms with Crippen molar-refractivity contribution in [2.24, 2.45) is 5.73 Å². The number of primary amides is 1. The van der Waals surface area contributed by atoms with E-state index in [0.717, 1.165) is 22.9 Å². The summed E-state index contributed by atoms with van der Waals surface area (Å²) >= 11 is 0. The molecule has 1 aliphatic carbocycles. The van der Waals surface area contributed by atoms with Gasteiger partial charge in [0.1, 0.15) is 11.3 Å². The molecular weight excluding hydrogens is 360 g/mol. The van der Waals surface area contributed by atoms with E-state index in [9.17, 15) is 4.79 Å². The fraction of sp³-hybridized carbons (Fsp3) is 0.417. The molecule has 3 aromatic rings. The minimum absolute atomic E-state index is 0.451. The van der Waals surface area contributed by atoms with Crippen molar-refractivity contribution in [2.75, 3.05) is 6.54 Å². The van der Waals surface area contributed by atoms with Crippen LogP contribution in [0.4, 0.5) is 0 Å². The van der Waals surface area contributed by atoms with Gasteiger partial charge in [-0.15, -0.1) is 0 Å². The van der Waals surface area contributed by atoms with Gasteiger partial charge in [0.2, 0.25) is 0 Å². The Balaban J connectivity index is 1.41. The highest BCUT2D eigenvalue weighted by molar-refractivity contribution is 6.04. The van der Waals surface area contributed by atoms with Crippen molar-refractivity contribution in [3.8, 4) is 11.4 Å². The van der Waals surface area contributed by atoms with E-state index < -0.39 is 5.91 Å². The van der Waals surface area contributed by atoms with E-state index in [-0.39, 0.29) is 0 Å². The van der Waals surface area contributed by atoms with E-state index in [0.29, 0.717) is 17.1 Å². The van der Waals surface area contributed by atoms with Crippen LogP contribution in [0.2, 0.25) is 0 Å². The van der Waals surface area contributed by atoms with Crippen molar-refractivity contribution in [1.29, 1.82) is 0 Å². The van der Waals surface area contributed by atoms with E-state index >= 15 is 0 Å². The number of carbonyl (C=O) groups excluding carboxylic acids is 1. The van der Waals surface area contributed by atoms with Crippen LogP contribution in [0, 0.1) is 0 Å². The van der Waals surface area contributed by atoms with Crippen LogP contribution in [-0.4, -0.2) is 33.4 Å². The average Bonchev–Trinajstić information content (AvgIpc) is 3.41. The standard InChI is InChI=1S/C24H28N4O/c25-23(29)19-8-4-9-20-22(19)27-24(26-20)17-13-11-16(12-14-17)21-10-5-15-28(21)18-6-2-1-3-7-18/h4,8-9,11-14,18,21H,1-3,5-7,10,15H2,(H2,25,29)(H,26,27). The molecule has 3 N–H and O–H groups in total. The van der Waals surface area contributed by atoms with Gasteiger partial charge in [-0.05, 0) is 49.9 Å². The summed E-state index contributed by atoms with van der Waals surface area (Å²) in [6, 6.07) is 15.6. The zero-order chi connectivity index (χ0) is 19.8. The molecule has 1 aliphatic heterocycles. The number of aromatic amines is 1. The molecule has 1 aromatic heterocycles. The van der Waals surface area contributed by atoms with Gasteiger partial charge in [-0.25, -0.2) is 4.98 Å². The fourth-order valence-corrected chi connectivity index (χ4v) is 5.23. The van der Waals surface area contributed by atoms with Gasteiger partial charge in [0.15, 0.2) is 0 Å². The molecule has 5 heteroatoms. The van der Waals surface area contributed by atoms with E-state index in [4.69, 9.17) is 5.73 Å². The number of hydrogen-bond donors (Lipinski definition) is 2. The number of nitrogens with two attached hydrogens (primary N) is 1. The summed E-state index contributed by atoms with van der Waals surface area (Å²) < 4.78 is 0. The summed E-state index contributed by atoms with van der Waals surface area (Å²) in [6.07, 6.45) is 9.42. The number of hydrogen-bond acceptors (Lipinski definition) is 3. The Hall–Kier alpha value is -2.66. The number of likely N-dealkylation sites (tertiary alicyclic amines) is 1. The molecule has 2 fully saturated rings. The van der Waals surface area contributed by atoms with Crippen molar-refractivity contribution < 1.29 is 4.79 Å². The monoisotopic (exact) mass is 388 g/mol. The summed E-state index contributed by atoms with van der Waals surface area (Å²) in [7, 11) is 0. The summed E-state index contributed by atoms with van der Waals surface area (Å²) in [4.78, 5) is 22.4. The minimum Gasteiger partial charge on any atom is -0.366 e. The zero-order valence-corrected chi connectivity index (χ0v) is 16.7. The lowest BCUT2D eigenvalue weighted by Crippen LogP contribution is -2.36. The molecule has 2 aliphatic rings. The molecule has 0 radical (unpaired) electrons. The Morgan fingerprint density at radius 2 is 1.79 bits per heavy atom. The summed E-state index contributed by atoms with van der Waals surface area (Å²) in [5.74, 6) is 0.323. The topological polar surface area (TPSA) is 75.0 Å². The van der Waals surface area contributed by atoms with Gasteiger partial charge in [-0.2, -0.15) is 0 Å². The summed E-state index contributed by atoms with van der Waals surface area (Å²) in [5, 5.41) is 0. The highest BCUT2D eigenvalue weighted by atomic mass is 16.1. The Morgan fingerprint density at radius 1 is 1.00 bits per heavy atom. The Labute approximate surface area is 171 Å². The number of H-pyrrole nitrogens is 1. The van der Waals surface area contributed by atoms with Crippen LogP contribution in [-0.2, 0) is 0 Å². The molecule has 1 atom stereocenters. The maximum atomic E-state index is 11.7. The minimum atomic E-state index is -0.451. The van der Waals surface area contributed by atoms with Crippen LogP contribution >= 0.6 is 0 Å². The molecule has 150 valence electrons. The first-order valence-electron chi connectivity index (χ1n) is 10.9. The van der Waals surface area contributed by atoms with E-state index in [1.165, 1.54) is 57.1 Å². The maximum Gasteiger partial charge on any atom is 0.250 e. The normalized spacial score (nSPS) is 21.0. The zero-order valence-electron chi connectivity index (χ0n) is 16.7. The Morgan fingerprint density at radius 3 is 2.55 bits per heavy atom. The third-order valence-corrected chi connectivity index (χ3v) is 6.68. The molecule has 2 aromatic carbocycles. The Kier molecular flexibility index (Phi) is 4.84. The van der Waals surface area contributed by atoms with Crippen molar-refractivity contribution in [2.45, 2.75) is 57.0 Å². The van der Waals surface area contributed by atoms with E-state index in [1.54, 1.807) is 6.07 Å².